The molecule has 6 nitrogen and oxygen atoms in total. The Balaban J connectivity index is 1.66. The van der Waals surface area contributed by atoms with E-state index in [1.54, 1.807) is 10.9 Å². The molecule has 0 atom stereocenters. The number of aromatic nitrogens is 3. The van der Waals surface area contributed by atoms with Crippen molar-refractivity contribution in [3.8, 4) is 0 Å². The number of carbonyl (C=O) groups excluding carboxylic acids is 1. The van der Waals surface area contributed by atoms with Crippen molar-refractivity contribution < 1.29 is 4.79 Å². The Morgan fingerprint density at radius 3 is 2.80 bits per heavy atom. The summed E-state index contributed by atoms with van der Waals surface area (Å²) in [5.41, 5.74) is 5.96. The third kappa shape index (κ3) is 4.30. The molecule has 6 heteroatoms. The van der Waals surface area contributed by atoms with Crippen molar-refractivity contribution in [2.45, 2.75) is 51.5 Å². The molecule has 20 heavy (non-hydrogen) atoms. The van der Waals surface area contributed by atoms with E-state index in [0.717, 1.165) is 25.8 Å². The Labute approximate surface area is 120 Å². The van der Waals surface area contributed by atoms with Gasteiger partial charge in [0.2, 0.25) is 5.91 Å². The average Bonchev–Trinajstić information content (AvgIpc) is 2.98. The molecule has 0 bridgehead atoms. The Kier molecular flexibility index (Phi) is 5.52. The molecule has 2 rings (SSSR count). The minimum atomic E-state index is 0.0498. The van der Waals surface area contributed by atoms with Crippen molar-refractivity contribution in [1.82, 2.24) is 20.3 Å². The summed E-state index contributed by atoms with van der Waals surface area (Å²) in [5.74, 6) is 0.135. The summed E-state index contributed by atoms with van der Waals surface area (Å²) in [6, 6.07) is 0. The first kappa shape index (κ1) is 15.0. The monoisotopic (exact) mass is 279 g/mol. The van der Waals surface area contributed by atoms with Crippen molar-refractivity contribution in [1.29, 1.82) is 0 Å². The van der Waals surface area contributed by atoms with Gasteiger partial charge in [0.15, 0.2) is 0 Å². The van der Waals surface area contributed by atoms with E-state index in [9.17, 15) is 4.79 Å². The van der Waals surface area contributed by atoms with Crippen LogP contribution in [0.5, 0.6) is 0 Å². The van der Waals surface area contributed by atoms with Gasteiger partial charge >= 0.3 is 0 Å². The number of nitrogens with one attached hydrogen (secondary N) is 1. The zero-order valence-electron chi connectivity index (χ0n) is 12.1. The standard InChI is InChI=1S/C14H25N5O/c15-12-14(5-2-1-3-6-14)11-13(20)16-7-4-9-19-10-8-17-18-19/h8,10H,1-7,9,11-12,15H2,(H,16,20). The maximum absolute atomic E-state index is 12.0. The first-order valence-corrected chi connectivity index (χ1v) is 7.55. The number of aryl methyl sites for hydroxylation is 1. The topological polar surface area (TPSA) is 85.8 Å². The van der Waals surface area contributed by atoms with E-state index in [2.05, 4.69) is 15.6 Å². The summed E-state index contributed by atoms with van der Waals surface area (Å²) in [5, 5.41) is 10.6. The van der Waals surface area contributed by atoms with Gasteiger partial charge in [0.1, 0.15) is 0 Å². The third-order valence-corrected chi connectivity index (χ3v) is 4.24. The quantitative estimate of drug-likeness (QED) is 0.731. The van der Waals surface area contributed by atoms with Crippen LogP contribution >= 0.6 is 0 Å². The molecule has 1 aromatic rings. The number of nitrogens with two attached hydrogens (primary N) is 1. The van der Waals surface area contributed by atoms with E-state index >= 15 is 0 Å². The Morgan fingerprint density at radius 1 is 1.35 bits per heavy atom. The van der Waals surface area contributed by atoms with Crippen molar-refractivity contribution in [3.63, 3.8) is 0 Å². The summed E-state index contributed by atoms with van der Waals surface area (Å²) < 4.78 is 1.77. The van der Waals surface area contributed by atoms with Crippen LogP contribution in [0.3, 0.4) is 0 Å². The van der Waals surface area contributed by atoms with E-state index in [1.807, 2.05) is 6.20 Å². The van der Waals surface area contributed by atoms with Crippen LogP contribution < -0.4 is 11.1 Å². The predicted octanol–water partition coefficient (Wildman–Crippen LogP) is 1.08. The van der Waals surface area contributed by atoms with Crippen LogP contribution in [0, 0.1) is 5.41 Å². The number of hydrogen-bond acceptors (Lipinski definition) is 4. The van der Waals surface area contributed by atoms with Crippen molar-refractivity contribution in [2.24, 2.45) is 11.1 Å². The summed E-state index contributed by atoms with van der Waals surface area (Å²) in [7, 11) is 0. The number of carbonyl (C=O) groups is 1. The molecule has 0 aliphatic heterocycles. The highest BCUT2D eigenvalue weighted by atomic mass is 16.1. The van der Waals surface area contributed by atoms with Crippen LogP contribution in [0.1, 0.15) is 44.9 Å². The molecule has 1 heterocycles. The molecule has 1 saturated carbocycles. The molecule has 1 fully saturated rings. The number of rotatable bonds is 7. The molecule has 1 aromatic heterocycles. The molecule has 0 saturated heterocycles. The normalized spacial score (nSPS) is 17.9. The highest BCUT2D eigenvalue weighted by Gasteiger charge is 2.32. The second kappa shape index (κ2) is 7.38. The van der Waals surface area contributed by atoms with E-state index in [4.69, 9.17) is 5.73 Å². The average molecular weight is 279 g/mol. The lowest BCUT2D eigenvalue weighted by atomic mass is 9.71. The first-order valence-electron chi connectivity index (χ1n) is 7.55. The highest BCUT2D eigenvalue weighted by Crippen LogP contribution is 2.38. The maximum atomic E-state index is 12.0. The largest absolute Gasteiger partial charge is 0.356 e. The molecule has 0 spiro atoms. The second-order valence-electron chi connectivity index (χ2n) is 5.81. The van der Waals surface area contributed by atoms with Crippen molar-refractivity contribution in [3.05, 3.63) is 12.4 Å². The summed E-state index contributed by atoms with van der Waals surface area (Å²) in [6.45, 7) is 2.08. The van der Waals surface area contributed by atoms with Crippen molar-refractivity contribution in [2.75, 3.05) is 13.1 Å². The van der Waals surface area contributed by atoms with Crippen LogP contribution in [-0.2, 0) is 11.3 Å². The maximum Gasteiger partial charge on any atom is 0.220 e. The van der Waals surface area contributed by atoms with Crippen LogP contribution in [0.4, 0.5) is 0 Å². The zero-order chi connectivity index (χ0) is 14.3. The van der Waals surface area contributed by atoms with Gasteiger partial charge in [0.25, 0.3) is 0 Å². The molecule has 0 aromatic carbocycles. The number of nitrogens with zero attached hydrogens (tertiary/aromatic N) is 3. The SMILES string of the molecule is NCC1(CC(=O)NCCCn2ccnn2)CCCCC1. The van der Waals surface area contributed by atoms with E-state index < -0.39 is 0 Å². The van der Waals surface area contributed by atoms with Gasteiger partial charge < -0.3 is 11.1 Å². The van der Waals surface area contributed by atoms with Crippen LogP contribution in [-0.4, -0.2) is 34.0 Å². The van der Waals surface area contributed by atoms with E-state index in [-0.39, 0.29) is 11.3 Å². The number of hydrogen-bond donors (Lipinski definition) is 2. The lowest BCUT2D eigenvalue weighted by molar-refractivity contribution is -0.123. The van der Waals surface area contributed by atoms with E-state index in [0.29, 0.717) is 19.5 Å². The smallest absolute Gasteiger partial charge is 0.220 e. The molecular formula is C14H25N5O. The van der Waals surface area contributed by atoms with Gasteiger partial charge in [-0.3, -0.25) is 9.48 Å². The van der Waals surface area contributed by atoms with Gasteiger partial charge in [-0.1, -0.05) is 24.5 Å². The Hall–Kier alpha value is -1.43. The Morgan fingerprint density at radius 2 is 2.15 bits per heavy atom. The molecule has 0 unspecified atom stereocenters. The minimum absolute atomic E-state index is 0.0498. The lowest BCUT2D eigenvalue weighted by Gasteiger charge is -2.35. The summed E-state index contributed by atoms with van der Waals surface area (Å²) in [4.78, 5) is 12.0. The molecule has 3 N–H and O–H groups in total. The van der Waals surface area contributed by atoms with Crippen molar-refractivity contribution >= 4 is 5.91 Å². The zero-order valence-corrected chi connectivity index (χ0v) is 12.1. The van der Waals surface area contributed by atoms with Gasteiger partial charge in [-0.25, -0.2) is 0 Å². The first-order chi connectivity index (χ1) is 9.74. The highest BCUT2D eigenvalue weighted by molar-refractivity contribution is 5.76. The van der Waals surface area contributed by atoms with Crippen LogP contribution in [0.25, 0.3) is 0 Å². The van der Waals surface area contributed by atoms with Gasteiger partial charge in [-0.05, 0) is 31.2 Å². The summed E-state index contributed by atoms with van der Waals surface area (Å²) in [6.07, 6.45) is 10.8. The van der Waals surface area contributed by atoms with Gasteiger partial charge in [-0.15, -0.1) is 5.10 Å². The van der Waals surface area contributed by atoms with E-state index in [1.165, 1.54) is 19.3 Å². The number of amides is 1. The fraction of sp³-hybridized carbons (Fsp3) is 0.786. The lowest BCUT2D eigenvalue weighted by Crippen LogP contribution is -2.39. The van der Waals surface area contributed by atoms with Crippen LogP contribution in [0.2, 0.25) is 0 Å². The minimum Gasteiger partial charge on any atom is -0.356 e. The molecule has 1 aliphatic carbocycles. The summed E-state index contributed by atoms with van der Waals surface area (Å²) >= 11 is 0. The van der Waals surface area contributed by atoms with Crippen LogP contribution in [0.15, 0.2) is 12.4 Å². The predicted molar refractivity (Wildman–Crippen MR) is 76.8 cm³/mol. The van der Waals surface area contributed by atoms with Gasteiger partial charge in [0.05, 0.1) is 6.20 Å². The fourth-order valence-electron chi connectivity index (χ4n) is 2.98. The molecular weight excluding hydrogens is 254 g/mol. The Bertz CT molecular complexity index is 398. The molecule has 112 valence electrons. The second-order valence-corrected chi connectivity index (χ2v) is 5.81. The molecule has 0 radical (unpaired) electrons. The van der Waals surface area contributed by atoms with Gasteiger partial charge in [-0.2, -0.15) is 0 Å². The fourth-order valence-corrected chi connectivity index (χ4v) is 2.98. The molecule has 1 aliphatic rings. The molecule has 1 amide bonds. The van der Waals surface area contributed by atoms with Gasteiger partial charge in [0, 0.05) is 25.7 Å². The third-order valence-electron chi connectivity index (χ3n) is 4.24.